The van der Waals surface area contributed by atoms with Crippen molar-refractivity contribution in [1.29, 1.82) is 0 Å². The van der Waals surface area contributed by atoms with Crippen molar-refractivity contribution in [3.05, 3.63) is 60.6 Å². The van der Waals surface area contributed by atoms with Crippen LogP contribution in [0.3, 0.4) is 0 Å². The summed E-state index contributed by atoms with van der Waals surface area (Å²) in [5, 5.41) is 8.26. The molecule has 1 aliphatic rings. The van der Waals surface area contributed by atoms with E-state index < -0.39 is 0 Å². The Bertz CT molecular complexity index is 1110. The number of nitrogens with zero attached hydrogens (tertiary/aromatic N) is 5. The van der Waals surface area contributed by atoms with Gasteiger partial charge in [0.1, 0.15) is 12.0 Å². The molecule has 140 valence electrons. The minimum absolute atomic E-state index is 0.0960. The maximum Gasteiger partial charge on any atom is 0.274 e. The van der Waals surface area contributed by atoms with Crippen LogP contribution in [-0.4, -0.2) is 44.1 Å². The van der Waals surface area contributed by atoms with Crippen LogP contribution in [0, 0.1) is 0 Å². The van der Waals surface area contributed by atoms with E-state index in [2.05, 4.69) is 20.2 Å². The fraction of sp³-hybridized carbons (Fsp3) is 0.250. The highest BCUT2D eigenvalue weighted by molar-refractivity contribution is 5.93. The highest BCUT2D eigenvalue weighted by atomic mass is 16.4. The Hall–Kier alpha value is -3.55. The van der Waals surface area contributed by atoms with Crippen LogP contribution in [0.15, 0.2) is 57.9 Å². The molecule has 0 spiro atoms. The second-order valence-electron chi connectivity index (χ2n) is 6.77. The molecule has 3 aromatic heterocycles. The number of rotatable bonds is 3. The van der Waals surface area contributed by atoms with Crippen molar-refractivity contribution in [2.45, 2.75) is 18.8 Å². The van der Waals surface area contributed by atoms with E-state index in [1.165, 1.54) is 0 Å². The number of aromatic nitrogens is 4. The van der Waals surface area contributed by atoms with Gasteiger partial charge in [0.15, 0.2) is 0 Å². The first-order chi connectivity index (χ1) is 13.8. The third-order valence-corrected chi connectivity index (χ3v) is 5.01. The van der Waals surface area contributed by atoms with Crippen molar-refractivity contribution in [3.8, 4) is 11.5 Å². The molecular formula is C20H17N5O3. The van der Waals surface area contributed by atoms with Crippen LogP contribution >= 0.6 is 0 Å². The summed E-state index contributed by atoms with van der Waals surface area (Å²) in [6, 6.07) is 9.31. The maximum atomic E-state index is 12.8. The second kappa shape index (κ2) is 6.88. The number of para-hydroxylation sites is 2. The van der Waals surface area contributed by atoms with Crippen LogP contribution in [0.2, 0.25) is 0 Å². The van der Waals surface area contributed by atoms with E-state index in [0.717, 1.165) is 29.4 Å². The Labute approximate surface area is 160 Å². The van der Waals surface area contributed by atoms with Crippen molar-refractivity contribution in [2.75, 3.05) is 13.1 Å². The van der Waals surface area contributed by atoms with E-state index in [1.54, 1.807) is 24.8 Å². The first kappa shape index (κ1) is 16.6. The first-order valence-corrected chi connectivity index (χ1v) is 9.15. The van der Waals surface area contributed by atoms with Crippen molar-refractivity contribution in [2.24, 2.45) is 0 Å². The van der Waals surface area contributed by atoms with Gasteiger partial charge < -0.3 is 13.7 Å². The third-order valence-electron chi connectivity index (χ3n) is 5.01. The molecule has 0 aliphatic carbocycles. The number of fused-ring (bicyclic) bond motifs is 1. The predicted octanol–water partition coefficient (Wildman–Crippen LogP) is 3.29. The lowest BCUT2D eigenvalue weighted by Gasteiger charge is -2.30. The van der Waals surface area contributed by atoms with E-state index >= 15 is 0 Å². The number of carbonyl (C=O) groups excluding carboxylic acids is 1. The van der Waals surface area contributed by atoms with Gasteiger partial charge in [0, 0.05) is 19.0 Å². The Morgan fingerprint density at radius 1 is 1.07 bits per heavy atom. The van der Waals surface area contributed by atoms with E-state index in [-0.39, 0.29) is 11.8 Å². The molecule has 4 aromatic rings. The monoisotopic (exact) mass is 375 g/mol. The number of carbonyl (C=O) groups is 1. The second-order valence-corrected chi connectivity index (χ2v) is 6.77. The van der Waals surface area contributed by atoms with Crippen LogP contribution in [0.5, 0.6) is 0 Å². The number of furan rings is 1. The van der Waals surface area contributed by atoms with Gasteiger partial charge in [0.05, 0.1) is 29.1 Å². The average molecular weight is 375 g/mol. The van der Waals surface area contributed by atoms with Gasteiger partial charge in [-0.3, -0.25) is 9.78 Å². The molecule has 1 aromatic carbocycles. The summed E-state index contributed by atoms with van der Waals surface area (Å²) in [5.74, 6) is 1.10. The quantitative estimate of drug-likeness (QED) is 0.542. The number of hydrogen-bond donors (Lipinski definition) is 0. The molecule has 4 heterocycles. The molecule has 1 fully saturated rings. The van der Waals surface area contributed by atoms with Crippen LogP contribution in [0.4, 0.5) is 0 Å². The molecule has 0 unspecified atom stereocenters. The molecule has 1 saturated heterocycles. The standard InChI is InChI=1S/C20H17N5O3/c26-20(17-11-21-15-3-1-2-4-16(15)22-17)25-8-5-13(6-9-25)18-23-24-19(28-18)14-7-10-27-12-14/h1-4,7,10-13H,5-6,8-9H2. The Morgan fingerprint density at radius 2 is 1.89 bits per heavy atom. The minimum Gasteiger partial charge on any atom is -0.472 e. The van der Waals surface area contributed by atoms with Gasteiger partial charge in [-0.2, -0.15) is 0 Å². The molecule has 8 nitrogen and oxygen atoms in total. The van der Waals surface area contributed by atoms with E-state index in [1.807, 2.05) is 29.2 Å². The summed E-state index contributed by atoms with van der Waals surface area (Å²) in [6.07, 6.45) is 6.22. The van der Waals surface area contributed by atoms with E-state index in [9.17, 15) is 4.79 Å². The zero-order chi connectivity index (χ0) is 18.9. The lowest BCUT2D eigenvalue weighted by molar-refractivity contribution is 0.0700. The smallest absolute Gasteiger partial charge is 0.274 e. The molecule has 0 N–H and O–H groups in total. The van der Waals surface area contributed by atoms with Crippen molar-refractivity contribution < 1.29 is 13.6 Å². The zero-order valence-corrected chi connectivity index (χ0v) is 15.0. The summed E-state index contributed by atoms with van der Waals surface area (Å²) in [5.41, 5.74) is 2.64. The number of likely N-dealkylation sites (tertiary alicyclic amines) is 1. The first-order valence-electron chi connectivity index (χ1n) is 9.15. The molecule has 0 radical (unpaired) electrons. The van der Waals surface area contributed by atoms with Gasteiger partial charge in [0.25, 0.3) is 11.8 Å². The van der Waals surface area contributed by atoms with E-state index in [0.29, 0.717) is 30.6 Å². The van der Waals surface area contributed by atoms with Crippen molar-refractivity contribution >= 4 is 16.9 Å². The van der Waals surface area contributed by atoms with Crippen LogP contribution in [0.25, 0.3) is 22.5 Å². The number of benzene rings is 1. The van der Waals surface area contributed by atoms with Gasteiger partial charge in [0.2, 0.25) is 5.89 Å². The molecule has 0 saturated carbocycles. The molecule has 28 heavy (non-hydrogen) atoms. The van der Waals surface area contributed by atoms with Crippen molar-refractivity contribution in [1.82, 2.24) is 25.1 Å². The lowest BCUT2D eigenvalue weighted by Crippen LogP contribution is -2.38. The fourth-order valence-electron chi connectivity index (χ4n) is 3.45. The van der Waals surface area contributed by atoms with Crippen LogP contribution in [-0.2, 0) is 0 Å². The molecule has 0 atom stereocenters. The Balaban J connectivity index is 1.27. The normalized spacial score (nSPS) is 15.2. The van der Waals surface area contributed by atoms with Gasteiger partial charge in [-0.25, -0.2) is 4.98 Å². The van der Waals surface area contributed by atoms with Gasteiger partial charge in [-0.1, -0.05) is 12.1 Å². The van der Waals surface area contributed by atoms with Gasteiger partial charge >= 0.3 is 0 Å². The SMILES string of the molecule is O=C(c1cnc2ccccc2n1)N1CCC(c2nnc(-c3ccoc3)o2)CC1. The third kappa shape index (κ3) is 3.02. The molecule has 5 rings (SSSR count). The molecule has 1 amide bonds. The van der Waals surface area contributed by atoms with Crippen LogP contribution in [0.1, 0.15) is 35.1 Å². The Morgan fingerprint density at radius 3 is 2.68 bits per heavy atom. The summed E-state index contributed by atoms with van der Waals surface area (Å²) in [4.78, 5) is 23.4. The molecular weight excluding hydrogens is 358 g/mol. The maximum absolute atomic E-state index is 12.8. The summed E-state index contributed by atoms with van der Waals surface area (Å²) >= 11 is 0. The predicted molar refractivity (Wildman–Crippen MR) is 99.4 cm³/mol. The van der Waals surface area contributed by atoms with Gasteiger partial charge in [-0.05, 0) is 31.0 Å². The van der Waals surface area contributed by atoms with E-state index in [4.69, 9.17) is 8.83 Å². The zero-order valence-electron chi connectivity index (χ0n) is 15.0. The highest BCUT2D eigenvalue weighted by Gasteiger charge is 2.28. The van der Waals surface area contributed by atoms with Gasteiger partial charge in [-0.15, -0.1) is 10.2 Å². The van der Waals surface area contributed by atoms with Crippen molar-refractivity contribution in [3.63, 3.8) is 0 Å². The molecule has 8 heteroatoms. The Kier molecular flexibility index (Phi) is 4.08. The minimum atomic E-state index is -0.0960. The molecule has 1 aliphatic heterocycles. The lowest BCUT2D eigenvalue weighted by atomic mass is 9.96. The summed E-state index contributed by atoms with van der Waals surface area (Å²) in [7, 11) is 0. The summed E-state index contributed by atoms with van der Waals surface area (Å²) < 4.78 is 10.8. The topological polar surface area (TPSA) is 98.2 Å². The summed E-state index contributed by atoms with van der Waals surface area (Å²) in [6.45, 7) is 1.23. The van der Waals surface area contributed by atoms with Crippen LogP contribution < -0.4 is 0 Å². The largest absolute Gasteiger partial charge is 0.472 e. The highest BCUT2D eigenvalue weighted by Crippen LogP contribution is 2.30. The number of hydrogen-bond acceptors (Lipinski definition) is 7. The fourth-order valence-corrected chi connectivity index (χ4v) is 3.45. The average Bonchev–Trinajstić information content (AvgIpc) is 3.45. The molecule has 0 bridgehead atoms. The number of piperidine rings is 1. The number of amides is 1.